The third kappa shape index (κ3) is 1.75. The standard InChI is InChI=1S/C12H8ClN5S/c1-6-2-3-8(13)10-9(6)17-12(19-10)18-11(15)7(4-14)5-16-18/h2-3,5H,15H2,1H3. The molecule has 0 aliphatic carbocycles. The zero-order valence-electron chi connectivity index (χ0n) is 9.88. The molecule has 7 heteroatoms. The smallest absolute Gasteiger partial charge is 0.213 e. The summed E-state index contributed by atoms with van der Waals surface area (Å²) in [7, 11) is 0. The van der Waals surface area contributed by atoms with Crippen LogP contribution in [0.4, 0.5) is 5.82 Å². The first-order chi connectivity index (χ1) is 9.11. The van der Waals surface area contributed by atoms with Crippen molar-refractivity contribution in [1.29, 1.82) is 5.26 Å². The Bertz CT molecular complexity index is 788. The summed E-state index contributed by atoms with van der Waals surface area (Å²) in [5.74, 6) is 0.287. The molecule has 0 radical (unpaired) electrons. The first-order valence-electron chi connectivity index (χ1n) is 5.41. The van der Waals surface area contributed by atoms with Gasteiger partial charge in [-0.1, -0.05) is 29.0 Å². The maximum atomic E-state index is 8.89. The number of thiazole rings is 1. The number of fused-ring (bicyclic) bond motifs is 1. The molecule has 3 rings (SSSR count). The number of hydrogen-bond donors (Lipinski definition) is 1. The van der Waals surface area contributed by atoms with Gasteiger partial charge in [0.1, 0.15) is 17.5 Å². The Morgan fingerprint density at radius 1 is 1.47 bits per heavy atom. The largest absolute Gasteiger partial charge is 0.382 e. The van der Waals surface area contributed by atoms with E-state index in [2.05, 4.69) is 10.1 Å². The van der Waals surface area contributed by atoms with Gasteiger partial charge in [-0.15, -0.1) is 0 Å². The third-order valence-corrected chi connectivity index (χ3v) is 4.29. The number of nitrogens with zero attached hydrogens (tertiary/aromatic N) is 4. The van der Waals surface area contributed by atoms with Gasteiger partial charge in [-0.3, -0.25) is 0 Å². The monoisotopic (exact) mass is 289 g/mol. The van der Waals surface area contributed by atoms with Gasteiger partial charge in [0.15, 0.2) is 0 Å². The normalized spacial score (nSPS) is 10.8. The Morgan fingerprint density at radius 2 is 2.26 bits per heavy atom. The number of hydrogen-bond acceptors (Lipinski definition) is 5. The lowest BCUT2D eigenvalue weighted by atomic mass is 10.2. The zero-order chi connectivity index (χ0) is 13.6. The van der Waals surface area contributed by atoms with Crippen LogP contribution in [-0.2, 0) is 0 Å². The molecule has 0 aliphatic heterocycles. The second-order valence-electron chi connectivity index (χ2n) is 4.01. The highest BCUT2D eigenvalue weighted by Gasteiger charge is 2.15. The van der Waals surface area contributed by atoms with Gasteiger partial charge >= 0.3 is 0 Å². The fourth-order valence-corrected chi connectivity index (χ4v) is 3.07. The summed E-state index contributed by atoms with van der Waals surface area (Å²) >= 11 is 7.56. The van der Waals surface area contributed by atoms with E-state index in [9.17, 15) is 0 Å². The van der Waals surface area contributed by atoms with E-state index in [4.69, 9.17) is 22.6 Å². The van der Waals surface area contributed by atoms with Gasteiger partial charge in [0.05, 0.1) is 21.4 Å². The second kappa shape index (κ2) is 4.23. The number of benzene rings is 1. The first-order valence-corrected chi connectivity index (χ1v) is 6.61. The molecule has 5 nitrogen and oxygen atoms in total. The maximum absolute atomic E-state index is 8.89. The van der Waals surface area contributed by atoms with E-state index in [-0.39, 0.29) is 5.82 Å². The Hall–Kier alpha value is -2.10. The summed E-state index contributed by atoms with van der Waals surface area (Å²) in [5.41, 5.74) is 8.06. The van der Waals surface area contributed by atoms with Gasteiger partial charge in [-0.05, 0) is 18.6 Å². The van der Waals surface area contributed by atoms with E-state index in [1.54, 1.807) is 0 Å². The van der Waals surface area contributed by atoms with E-state index >= 15 is 0 Å². The number of aryl methyl sites for hydroxylation is 1. The first kappa shape index (κ1) is 12.0. The lowest BCUT2D eigenvalue weighted by Gasteiger charge is -1.97. The number of anilines is 1. The molecule has 0 spiro atoms. The maximum Gasteiger partial charge on any atom is 0.213 e. The van der Waals surface area contributed by atoms with E-state index in [1.807, 2.05) is 25.1 Å². The van der Waals surface area contributed by atoms with Crippen molar-refractivity contribution >= 4 is 39.0 Å². The van der Waals surface area contributed by atoms with Gasteiger partial charge in [0.2, 0.25) is 5.13 Å². The lowest BCUT2D eigenvalue weighted by molar-refractivity contribution is 0.883. The topological polar surface area (TPSA) is 80.5 Å². The molecule has 2 heterocycles. The van der Waals surface area contributed by atoms with Crippen LogP contribution in [-0.4, -0.2) is 14.8 Å². The van der Waals surface area contributed by atoms with E-state index in [1.165, 1.54) is 22.2 Å². The molecule has 0 aliphatic rings. The summed E-state index contributed by atoms with van der Waals surface area (Å²) in [6, 6.07) is 5.74. The van der Waals surface area contributed by atoms with E-state index in [0.717, 1.165) is 15.8 Å². The van der Waals surface area contributed by atoms with E-state index < -0.39 is 0 Å². The quantitative estimate of drug-likeness (QED) is 0.747. The van der Waals surface area contributed by atoms with Crippen LogP contribution in [0.5, 0.6) is 0 Å². The molecule has 3 aromatic rings. The molecule has 0 amide bonds. The molecule has 0 bridgehead atoms. The zero-order valence-corrected chi connectivity index (χ0v) is 11.5. The lowest BCUT2D eigenvalue weighted by Crippen LogP contribution is -2.01. The number of halogens is 1. The molecule has 0 fully saturated rings. The summed E-state index contributed by atoms with van der Waals surface area (Å²) in [4.78, 5) is 4.50. The van der Waals surface area contributed by atoms with Crippen LogP contribution >= 0.6 is 22.9 Å². The summed E-state index contributed by atoms with van der Waals surface area (Å²) < 4.78 is 2.35. The highest BCUT2D eigenvalue weighted by atomic mass is 35.5. The number of aromatic nitrogens is 3. The molecule has 2 N–H and O–H groups in total. The van der Waals surface area contributed by atoms with Crippen molar-refractivity contribution in [3.8, 4) is 11.2 Å². The highest BCUT2D eigenvalue weighted by Crippen LogP contribution is 2.33. The van der Waals surface area contributed by atoms with Gasteiger partial charge < -0.3 is 5.73 Å². The van der Waals surface area contributed by atoms with Crippen LogP contribution in [0.1, 0.15) is 11.1 Å². The minimum atomic E-state index is 0.287. The molecular weight excluding hydrogens is 282 g/mol. The molecular formula is C12H8ClN5S. The summed E-state index contributed by atoms with van der Waals surface area (Å²) in [6.07, 6.45) is 1.43. The fourth-order valence-electron chi connectivity index (χ4n) is 1.78. The molecule has 1 aromatic carbocycles. The molecule has 0 saturated heterocycles. The summed E-state index contributed by atoms with van der Waals surface area (Å²) in [6.45, 7) is 1.97. The number of nitrogen functional groups attached to an aromatic ring is 1. The molecule has 94 valence electrons. The Labute approximate surface area is 117 Å². The molecule has 2 aromatic heterocycles. The van der Waals surface area contributed by atoms with E-state index in [0.29, 0.717) is 15.7 Å². The van der Waals surface area contributed by atoms with Crippen molar-refractivity contribution in [2.45, 2.75) is 6.92 Å². The molecule has 19 heavy (non-hydrogen) atoms. The van der Waals surface area contributed by atoms with Gasteiger partial charge in [0.25, 0.3) is 0 Å². The van der Waals surface area contributed by atoms with Crippen molar-refractivity contribution in [3.63, 3.8) is 0 Å². The third-order valence-electron chi connectivity index (χ3n) is 2.79. The Morgan fingerprint density at radius 3 is 2.89 bits per heavy atom. The van der Waals surface area contributed by atoms with Crippen molar-refractivity contribution in [2.24, 2.45) is 0 Å². The predicted molar refractivity (Wildman–Crippen MR) is 75.6 cm³/mol. The minimum absolute atomic E-state index is 0.287. The number of nitriles is 1. The predicted octanol–water partition coefficient (Wildman–Crippen LogP) is 2.90. The Balaban J connectivity index is 2.27. The van der Waals surface area contributed by atoms with Crippen LogP contribution in [0.2, 0.25) is 5.02 Å². The average molecular weight is 290 g/mol. The molecule has 0 atom stereocenters. The summed E-state index contributed by atoms with van der Waals surface area (Å²) in [5, 5.41) is 14.2. The van der Waals surface area contributed by atoms with Crippen LogP contribution in [0.15, 0.2) is 18.3 Å². The van der Waals surface area contributed by atoms with Gasteiger partial charge in [-0.2, -0.15) is 15.0 Å². The number of nitrogens with two attached hydrogens (primary N) is 1. The van der Waals surface area contributed by atoms with Gasteiger partial charge in [-0.25, -0.2) is 4.98 Å². The highest BCUT2D eigenvalue weighted by molar-refractivity contribution is 7.21. The SMILES string of the molecule is Cc1ccc(Cl)c2sc(-n3ncc(C#N)c3N)nc12. The average Bonchev–Trinajstić information content (AvgIpc) is 2.98. The number of rotatable bonds is 1. The minimum Gasteiger partial charge on any atom is -0.382 e. The second-order valence-corrected chi connectivity index (χ2v) is 5.39. The van der Waals surface area contributed by atoms with Crippen molar-refractivity contribution in [1.82, 2.24) is 14.8 Å². The molecule has 0 saturated carbocycles. The fraction of sp³-hybridized carbons (Fsp3) is 0.0833. The molecule has 0 unspecified atom stereocenters. The van der Waals surface area contributed by atoms with Gasteiger partial charge in [0, 0.05) is 0 Å². The van der Waals surface area contributed by atoms with Crippen LogP contribution in [0, 0.1) is 18.3 Å². The van der Waals surface area contributed by atoms with Crippen LogP contribution in [0.3, 0.4) is 0 Å². The van der Waals surface area contributed by atoms with Crippen LogP contribution in [0.25, 0.3) is 15.3 Å². The van der Waals surface area contributed by atoms with Crippen molar-refractivity contribution in [2.75, 3.05) is 5.73 Å². The van der Waals surface area contributed by atoms with Crippen LogP contribution < -0.4 is 5.73 Å². The van der Waals surface area contributed by atoms with Crippen molar-refractivity contribution in [3.05, 3.63) is 34.5 Å². The Kier molecular flexibility index (Phi) is 2.66. The van der Waals surface area contributed by atoms with Crippen molar-refractivity contribution < 1.29 is 0 Å².